The molecular weight excluding hydrogens is 312 g/mol. The van der Waals surface area contributed by atoms with Crippen LogP contribution in [0.2, 0.25) is 5.02 Å². The van der Waals surface area contributed by atoms with Crippen LogP contribution in [0.4, 0.5) is 0 Å². The number of halogens is 1. The van der Waals surface area contributed by atoms with Gasteiger partial charge in [-0.15, -0.1) is 0 Å². The molecule has 126 valence electrons. The molecule has 5 heteroatoms. The van der Waals surface area contributed by atoms with Crippen LogP contribution >= 0.6 is 11.6 Å². The van der Waals surface area contributed by atoms with Gasteiger partial charge in [0.05, 0.1) is 0 Å². The predicted molar refractivity (Wildman–Crippen MR) is 92.4 cm³/mol. The van der Waals surface area contributed by atoms with Crippen LogP contribution < -0.4 is 0 Å². The van der Waals surface area contributed by atoms with E-state index in [1.54, 1.807) is 0 Å². The van der Waals surface area contributed by atoms with Crippen molar-refractivity contribution in [2.24, 2.45) is 5.41 Å². The highest BCUT2D eigenvalue weighted by atomic mass is 35.5. The monoisotopic (exact) mass is 336 g/mol. The molecule has 0 atom stereocenters. The Balaban J connectivity index is 1.82. The Bertz CT molecular complexity index is 573. The number of aryl methyl sites for hydroxylation is 1. The van der Waals surface area contributed by atoms with Crippen LogP contribution in [-0.4, -0.2) is 47.8 Å². The molecule has 4 nitrogen and oxygen atoms in total. The lowest BCUT2D eigenvalue weighted by Gasteiger charge is -2.37. The average molecular weight is 337 g/mol. The van der Waals surface area contributed by atoms with Gasteiger partial charge >= 0.3 is 0 Å². The zero-order valence-electron chi connectivity index (χ0n) is 14.1. The maximum Gasteiger partial charge on any atom is 0.228 e. The van der Waals surface area contributed by atoms with Crippen molar-refractivity contribution < 1.29 is 9.59 Å². The SMILES string of the molecule is CC(C)(C)C(=O)N1CCN(C(=O)CCc2ccccc2Cl)CC1. The first-order valence-electron chi connectivity index (χ1n) is 8.09. The second-order valence-corrected chi connectivity index (χ2v) is 7.42. The van der Waals surface area contributed by atoms with Crippen LogP contribution in [0.3, 0.4) is 0 Å². The van der Waals surface area contributed by atoms with Crippen LogP contribution in [0.1, 0.15) is 32.8 Å². The Labute approximate surface area is 143 Å². The molecule has 1 saturated heterocycles. The van der Waals surface area contributed by atoms with Gasteiger partial charge in [0.1, 0.15) is 0 Å². The van der Waals surface area contributed by atoms with Crippen LogP contribution in [-0.2, 0) is 16.0 Å². The number of piperazine rings is 1. The quantitative estimate of drug-likeness (QED) is 0.851. The summed E-state index contributed by atoms with van der Waals surface area (Å²) in [5.74, 6) is 0.286. The van der Waals surface area contributed by atoms with Gasteiger partial charge in [-0.25, -0.2) is 0 Å². The predicted octanol–water partition coefficient (Wildman–Crippen LogP) is 2.99. The molecule has 1 aromatic rings. The van der Waals surface area contributed by atoms with Gasteiger partial charge in [-0.05, 0) is 18.1 Å². The number of rotatable bonds is 3. The number of carbonyl (C=O) groups is 2. The summed E-state index contributed by atoms with van der Waals surface area (Å²) in [6, 6.07) is 7.62. The van der Waals surface area contributed by atoms with Gasteiger partial charge in [0.25, 0.3) is 0 Å². The maximum atomic E-state index is 12.3. The first kappa shape index (κ1) is 17.8. The van der Waals surface area contributed by atoms with Gasteiger partial charge in [-0.2, -0.15) is 0 Å². The molecule has 0 aromatic heterocycles. The molecular formula is C18H25ClN2O2. The molecule has 1 aliphatic heterocycles. The van der Waals surface area contributed by atoms with E-state index in [1.807, 2.05) is 54.8 Å². The number of hydrogen-bond donors (Lipinski definition) is 0. The first-order chi connectivity index (χ1) is 10.8. The summed E-state index contributed by atoms with van der Waals surface area (Å²) in [7, 11) is 0. The molecule has 1 aliphatic rings. The lowest BCUT2D eigenvalue weighted by molar-refractivity contribution is -0.144. The molecule has 0 saturated carbocycles. The number of hydrogen-bond acceptors (Lipinski definition) is 2. The fourth-order valence-electron chi connectivity index (χ4n) is 2.73. The van der Waals surface area contributed by atoms with Gasteiger partial charge in [0.2, 0.25) is 11.8 Å². The molecule has 0 N–H and O–H groups in total. The van der Waals surface area contributed by atoms with E-state index in [4.69, 9.17) is 11.6 Å². The lowest BCUT2D eigenvalue weighted by atomic mass is 9.94. The second-order valence-electron chi connectivity index (χ2n) is 7.01. The molecule has 0 bridgehead atoms. The number of carbonyl (C=O) groups excluding carboxylic acids is 2. The van der Waals surface area contributed by atoms with Crippen molar-refractivity contribution in [2.75, 3.05) is 26.2 Å². The molecule has 23 heavy (non-hydrogen) atoms. The number of amides is 2. The van der Waals surface area contributed by atoms with E-state index < -0.39 is 0 Å². The van der Waals surface area contributed by atoms with Crippen molar-refractivity contribution in [2.45, 2.75) is 33.6 Å². The minimum atomic E-state index is -0.365. The molecule has 0 unspecified atom stereocenters. The summed E-state index contributed by atoms with van der Waals surface area (Å²) in [6.45, 7) is 8.25. The Morgan fingerprint density at radius 2 is 1.61 bits per heavy atom. The Kier molecular flexibility index (Phi) is 5.69. The van der Waals surface area contributed by atoms with E-state index in [0.717, 1.165) is 5.56 Å². The molecule has 1 fully saturated rings. The van der Waals surface area contributed by atoms with Crippen molar-refractivity contribution in [1.29, 1.82) is 0 Å². The van der Waals surface area contributed by atoms with Crippen LogP contribution in [0.5, 0.6) is 0 Å². The second kappa shape index (κ2) is 7.35. The summed E-state index contributed by atoms with van der Waals surface area (Å²) >= 11 is 6.12. The average Bonchev–Trinajstić information content (AvgIpc) is 2.52. The van der Waals surface area contributed by atoms with Crippen molar-refractivity contribution in [3.05, 3.63) is 34.9 Å². The largest absolute Gasteiger partial charge is 0.339 e. The van der Waals surface area contributed by atoms with E-state index in [-0.39, 0.29) is 17.2 Å². The highest BCUT2D eigenvalue weighted by Gasteiger charge is 2.30. The molecule has 0 radical (unpaired) electrons. The molecule has 0 aliphatic carbocycles. The minimum absolute atomic E-state index is 0.132. The fourth-order valence-corrected chi connectivity index (χ4v) is 2.96. The summed E-state index contributed by atoms with van der Waals surface area (Å²) in [5.41, 5.74) is 0.639. The summed E-state index contributed by atoms with van der Waals surface area (Å²) < 4.78 is 0. The Morgan fingerprint density at radius 1 is 1.04 bits per heavy atom. The number of nitrogens with zero attached hydrogens (tertiary/aromatic N) is 2. The smallest absolute Gasteiger partial charge is 0.228 e. The normalized spacial score (nSPS) is 15.7. The summed E-state index contributed by atoms with van der Waals surface area (Å²) in [5, 5.41) is 0.709. The highest BCUT2D eigenvalue weighted by molar-refractivity contribution is 6.31. The maximum absolute atomic E-state index is 12.3. The topological polar surface area (TPSA) is 40.6 Å². The van der Waals surface area contributed by atoms with Gasteiger partial charge < -0.3 is 9.80 Å². The minimum Gasteiger partial charge on any atom is -0.339 e. The van der Waals surface area contributed by atoms with Gasteiger partial charge in [-0.3, -0.25) is 9.59 Å². The van der Waals surface area contributed by atoms with Crippen molar-refractivity contribution in [3.8, 4) is 0 Å². The number of benzene rings is 1. The zero-order valence-corrected chi connectivity index (χ0v) is 14.9. The van der Waals surface area contributed by atoms with E-state index in [1.165, 1.54) is 0 Å². The lowest BCUT2D eigenvalue weighted by Crippen LogP contribution is -2.53. The highest BCUT2D eigenvalue weighted by Crippen LogP contribution is 2.20. The third-order valence-electron chi connectivity index (χ3n) is 4.13. The van der Waals surface area contributed by atoms with Gasteiger partial charge in [-0.1, -0.05) is 50.6 Å². The molecule has 1 aromatic carbocycles. The molecule has 2 amide bonds. The zero-order chi connectivity index (χ0) is 17.0. The van der Waals surface area contributed by atoms with Crippen LogP contribution in [0, 0.1) is 5.41 Å². The molecule has 2 rings (SSSR count). The van der Waals surface area contributed by atoms with Crippen molar-refractivity contribution in [1.82, 2.24) is 9.80 Å². The standard InChI is InChI=1S/C18H25ClN2O2/c1-18(2,3)17(23)21-12-10-20(11-13-21)16(22)9-8-14-6-4-5-7-15(14)19/h4-7H,8-13H2,1-3H3. The van der Waals surface area contributed by atoms with Crippen molar-refractivity contribution in [3.63, 3.8) is 0 Å². The first-order valence-corrected chi connectivity index (χ1v) is 8.47. The Hall–Kier alpha value is -1.55. The summed E-state index contributed by atoms with van der Waals surface area (Å²) in [4.78, 5) is 28.3. The van der Waals surface area contributed by atoms with Crippen LogP contribution in [0.25, 0.3) is 0 Å². The molecule has 1 heterocycles. The third kappa shape index (κ3) is 4.71. The third-order valence-corrected chi connectivity index (χ3v) is 4.50. The van der Waals surface area contributed by atoms with Gasteiger partial charge in [0.15, 0.2) is 0 Å². The van der Waals surface area contributed by atoms with Gasteiger partial charge in [0, 0.05) is 43.0 Å². The Morgan fingerprint density at radius 3 is 2.17 bits per heavy atom. The molecule has 0 spiro atoms. The van der Waals surface area contributed by atoms with E-state index in [2.05, 4.69) is 0 Å². The van der Waals surface area contributed by atoms with E-state index in [0.29, 0.717) is 44.0 Å². The summed E-state index contributed by atoms with van der Waals surface area (Å²) in [6.07, 6.45) is 1.11. The fraction of sp³-hybridized carbons (Fsp3) is 0.556. The van der Waals surface area contributed by atoms with Crippen molar-refractivity contribution >= 4 is 23.4 Å². The van der Waals surface area contributed by atoms with E-state index in [9.17, 15) is 9.59 Å². The van der Waals surface area contributed by atoms with E-state index >= 15 is 0 Å². The van der Waals surface area contributed by atoms with Crippen LogP contribution in [0.15, 0.2) is 24.3 Å².